The topological polar surface area (TPSA) is 69.9 Å². The van der Waals surface area contributed by atoms with Crippen molar-refractivity contribution in [3.63, 3.8) is 0 Å². The van der Waals surface area contributed by atoms with Crippen LogP contribution in [0.1, 0.15) is 12.5 Å². The number of anilines is 2. The molecule has 0 radical (unpaired) electrons. The molecule has 1 amide bonds. The summed E-state index contributed by atoms with van der Waals surface area (Å²) in [4.78, 5) is 29.8. The Morgan fingerprint density at radius 1 is 1.00 bits per heavy atom. The predicted octanol–water partition coefficient (Wildman–Crippen LogP) is 2.69. The molecule has 2 aliphatic heterocycles. The number of piperazine rings is 1. The summed E-state index contributed by atoms with van der Waals surface area (Å²) in [7, 11) is 0. The van der Waals surface area contributed by atoms with Crippen LogP contribution in [0.3, 0.4) is 0 Å². The Labute approximate surface area is 164 Å². The number of non-ortho nitro benzene ring substituents is 1. The van der Waals surface area contributed by atoms with Gasteiger partial charge in [-0.25, -0.2) is 0 Å². The Morgan fingerprint density at radius 3 is 2.36 bits per heavy atom. The van der Waals surface area contributed by atoms with Crippen LogP contribution < -0.4 is 9.80 Å². The molecule has 4 rings (SSSR count). The SMILES string of the molecule is CC(C(=O)N1CCc2ccccc21)N1CCN(c2ccc([N+](=O)[O-])cc2)CC1. The van der Waals surface area contributed by atoms with E-state index < -0.39 is 0 Å². The van der Waals surface area contributed by atoms with Gasteiger partial charge < -0.3 is 9.80 Å². The second-order valence-corrected chi connectivity index (χ2v) is 7.34. The van der Waals surface area contributed by atoms with Crippen LogP contribution in [0, 0.1) is 10.1 Å². The first kappa shape index (κ1) is 18.4. The van der Waals surface area contributed by atoms with E-state index in [0.29, 0.717) is 0 Å². The maximum Gasteiger partial charge on any atom is 0.269 e. The third-order valence-electron chi connectivity index (χ3n) is 5.80. The summed E-state index contributed by atoms with van der Waals surface area (Å²) < 4.78 is 0. The normalized spacial score (nSPS) is 18.0. The standard InChI is InChI=1S/C21H24N4O3/c1-16(21(26)24-11-10-17-4-2-3-5-20(17)24)22-12-14-23(15-13-22)18-6-8-19(9-7-18)25(27)28/h2-9,16H,10-15H2,1H3. The Morgan fingerprint density at radius 2 is 1.68 bits per heavy atom. The number of nitro benzene ring substituents is 1. The van der Waals surface area contributed by atoms with E-state index in [1.807, 2.05) is 30.0 Å². The summed E-state index contributed by atoms with van der Waals surface area (Å²) in [6.07, 6.45) is 0.919. The monoisotopic (exact) mass is 380 g/mol. The molecule has 0 saturated carbocycles. The van der Waals surface area contributed by atoms with E-state index in [1.54, 1.807) is 24.3 Å². The molecule has 1 saturated heterocycles. The van der Waals surface area contributed by atoms with E-state index in [-0.39, 0.29) is 22.6 Å². The van der Waals surface area contributed by atoms with Gasteiger partial charge in [-0.3, -0.25) is 19.8 Å². The van der Waals surface area contributed by atoms with Crippen molar-refractivity contribution in [1.29, 1.82) is 0 Å². The number of fused-ring (bicyclic) bond motifs is 1. The van der Waals surface area contributed by atoms with Gasteiger partial charge in [0.2, 0.25) is 5.91 Å². The molecule has 7 nitrogen and oxygen atoms in total. The number of para-hydroxylation sites is 1. The number of carbonyl (C=O) groups is 1. The quantitative estimate of drug-likeness (QED) is 0.603. The number of hydrogen-bond acceptors (Lipinski definition) is 5. The lowest BCUT2D eigenvalue weighted by molar-refractivity contribution is -0.384. The zero-order valence-corrected chi connectivity index (χ0v) is 16.0. The van der Waals surface area contributed by atoms with E-state index >= 15 is 0 Å². The molecule has 0 aliphatic carbocycles. The molecule has 2 aromatic carbocycles. The maximum atomic E-state index is 13.1. The van der Waals surface area contributed by atoms with Crippen molar-refractivity contribution in [3.05, 3.63) is 64.2 Å². The number of amides is 1. The lowest BCUT2D eigenvalue weighted by Crippen LogP contribution is -2.54. The first-order valence-corrected chi connectivity index (χ1v) is 9.67. The third-order valence-corrected chi connectivity index (χ3v) is 5.80. The first-order valence-electron chi connectivity index (χ1n) is 9.67. The average molecular weight is 380 g/mol. The number of hydrogen-bond donors (Lipinski definition) is 0. The largest absolute Gasteiger partial charge is 0.369 e. The fourth-order valence-electron chi connectivity index (χ4n) is 4.10. The number of rotatable bonds is 4. The molecule has 0 N–H and O–H groups in total. The molecule has 2 aliphatic rings. The zero-order chi connectivity index (χ0) is 19.7. The molecule has 2 aromatic rings. The second-order valence-electron chi connectivity index (χ2n) is 7.34. The van der Waals surface area contributed by atoms with Gasteiger partial charge in [-0.15, -0.1) is 0 Å². The molecule has 146 valence electrons. The summed E-state index contributed by atoms with van der Waals surface area (Å²) in [5, 5.41) is 10.8. The van der Waals surface area contributed by atoms with Gasteiger partial charge in [-0.1, -0.05) is 18.2 Å². The van der Waals surface area contributed by atoms with E-state index in [2.05, 4.69) is 15.9 Å². The van der Waals surface area contributed by atoms with Crippen LogP contribution >= 0.6 is 0 Å². The summed E-state index contributed by atoms with van der Waals surface area (Å²) in [6.45, 7) is 5.92. The van der Waals surface area contributed by atoms with Gasteiger partial charge >= 0.3 is 0 Å². The second kappa shape index (κ2) is 7.59. The van der Waals surface area contributed by atoms with Crippen LogP contribution in [-0.4, -0.2) is 54.5 Å². The highest BCUT2D eigenvalue weighted by Crippen LogP contribution is 2.29. The number of nitrogens with zero attached hydrogens (tertiary/aromatic N) is 4. The number of benzene rings is 2. The van der Waals surface area contributed by atoms with Crippen LogP contribution in [0.25, 0.3) is 0 Å². The predicted molar refractivity (Wildman–Crippen MR) is 109 cm³/mol. The van der Waals surface area contributed by atoms with Crippen LogP contribution in [0.5, 0.6) is 0 Å². The van der Waals surface area contributed by atoms with Crippen molar-refractivity contribution in [1.82, 2.24) is 4.90 Å². The molecule has 1 fully saturated rings. The maximum absolute atomic E-state index is 13.1. The molecule has 1 unspecified atom stereocenters. The van der Waals surface area contributed by atoms with Crippen LogP contribution in [0.2, 0.25) is 0 Å². The summed E-state index contributed by atoms with van der Waals surface area (Å²) in [6, 6.07) is 14.6. The minimum Gasteiger partial charge on any atom is -0.369 e. The molecule has 0 aromatic heterocycles. The van der Waals surface area contributed by atoms with Crippen LogP contribution in [-0.2, 0) is 11.2 Å². The number of nitro groups is 1. The van der Waals surface area contributed by atoms with Crippen molar-refractivity contribution in [2.75, 3.05) is 42.5 Å². The minimum atomic E-state index is -0.383. The smallest absolute Gasteiger partial charge is 0.269 e. The van der Waals surface area contributed by atoms with E-state index in [1.165, 1.54) is 5.56 Å². The Balaban J connectivity index is 1.37. The van der Waals surface area contributed by atoms with Gasteiger partial charge in [-0.2, -0.15) is 0 Å². The molecule has 0 bridgehead atoms. The lowest BCUT2D eigenvalue weighted by atomic mass is 10.1. The third kappa shape index (κ3) is 3.45. The van der Waals surface area contributed by atoms with Gasteiger partial charge in [0.25, 0.3) is 5.69 Å². The number of carbonyl (C=O) groups excluding carboxylic acids is 1. The van der Waals surface area contributed by atoms with Gasteiger partial charge in [0.1, 0.15) is 0 Å². The van der Waals surface area contributed by atoms with Crippen molar-refractivity contribution >= 4 is 23.0 Å². The Kier molecular flexibility index (Phi) is 5.00. The fourth-order valence-corrected chi connectivity index (χ4v) is 4.10. The Bertz CT molecular complexity index is 875. The molecular formula is C21H24N4O3. The molecular weight excluding hydrogens is 356 g/mol. The van der Waals surface area contributed by atoms with Crippen LogP contribution in [0.4, 0.5) is 17.1 Å². The molecule has 1 atom stereocenters. The minimum absolute atomic E-state index is 0.104. The zero-order valence-electron chi connectivity index (χ0n) is 16.0. The highest BCUT2D eigenvalue weighted by atomic mass is 16.6. The van der Waals surface area contributed by atoms with Gasteiger partial charge in [0.05, 0.1) is 11.0 Å². The van der Waals surface area contributed by atoms with Crippen molar-refractivity contribution in [2.24, 2.45) is 0 Å². The highest BCUT2D eigenvalue weighted by Gasteiger charge is 2.32. The lowest BCUT2D eigenvalue weighted by Gasteiger charge is -2.39. The van der Waals surface area contributed by atoms with Gasteiger partial charge in [0, 0.05) is 56.2 Å². The summed E-state index contributed by atoms with van der Waals surface area (Å²) in [5.74, 6) is 0.161. The average Bonchev–Trinajstić information content (AvgIpc) is 3.17. The molecule has 0 spiro atoms. The molecule has 7 heteroatoms. The van der Waals surface area contributed by atoms with Crippen molar-refractivity contribution in [2.45, 2.75) is 19.4 Å². The van der Waals surface area contributed by atoms with E-state index in [9.17, 15) is 14.9 Å². The fraction of sp³-hybridized carbons (Fsp3) is 0.381. The van der Waals surface area contributed by atoms with Crippen LogP contribution in [0.15, 0.2) is 48.5 Å². The van der Waals surface area contributed by atoms with Crippen molar-refractivity contribution < 1.29 is 9.72 Å². The summed E-state index contributed by atoms with van der Waals surface area (Å²) >= 11 is 0. The van der Waals surface area contributed by atoms with E-state index in [0.717, 1.165) is 50.5 Å². The van der Waals surface area contributed by atoms with Crippen molar-refractivity contribution in [3.8, 4) is 0 Å². The first-order chi connectivity index (χ1) is 13.5. The van der Waals surface area contributed by atoms with E-state index in [4.69, 9.17) is 0 Å². The Hall–Kier alpha value is -2.93. The highest BCUT2D eigenvalue weighted by molar-refractivity contribution is 5.98. The summed E-state index contributed by atoms with van der Waals surface area (Å²) in [5.41, 5.74) is 3.38. The van der Waals surface area contributed by atoms with Gasteiger partial charge in [0.15, 0.2) is 0 Å². The molecule has 28 heavy (non-hydrogen) atoms. The molecule has 2 heterocycles. The van der Waals surface area contributed by atoms with Gasteiger partial charge in [-0.05, 0) is 37.1 Å².